The molecule has 20 heavy (non-hydrogen) atoms. The van der Waals surface area contributed by atoms with E-state index in [0.29, 0.717) is 0 Å². The topological polar surface area (TPSA) is 52.6 Å². The number of likely N-dealkylation sites (tertiary alicyclic amines) is 1. The lowest BCUT2D eigenvalue weighted by molar-refractivity contribution is 0.0502. The quantitative estimate of drug-likeness (QED) is 0.867. The lowest BCUT2D eigenvalue weighted by Crippen LogP contribution is -2.46. The molecule has 2 aliphatic heterocycles. The minimum Gasteiger partial charge on any atom is -0.394 e. The van der Waals surface area contributed by atoms with E-state index in [1.165, 1.54) is 0 Å². The fourth-order valence-electron chi connectivity index (χ4n) is 3.32. The Hall–Kier alpha value is -1.55. The third-order valence-electron chi connectivity index (χ3n) is 4.42. The van der Waals surface area contributed by atoms with Gasteiger partial charge in [-0.1, -0.05) is 6.07 Å². The van der Waals surface area contributed by atoms with Gasteiger partial charge in [-0.2, -0.15) is 0 Å². The van der Waals surface area contributed by atoms with Crippen LogP contribution in [0.15, 0.2) is 18.2 Å². The number of aliphatic hydroxyl groups is 1. The van der Waals surface area contributed by atoms with E-state index >= 15 is 0 Å². The first kappa shape index (κ1) is 13.4. The van der Waals surface area contributed by atoms with Crippen molar-refractivity contribution in [1.82, 2.24) is 4.90 Å². The standard InChI is InChI=1S/C16H22N2O2/c19-11-12-5-1-2-10-18(12)16(20)14-6-3-8-15-13(14)7-4-9-17-15/h3,6,8,12,17,19H,1-2,4-5,7,9-11H2. The van der Waals surface area contributed by atoms with Crippen LogP contribution in [-0.2, 0) is 6.42 Å². The van der Waals surface area contributed by atoms with Gasteiger partial charge < -0.3 is 15.3 Å². The lowest BCUT2D eigenvalue weighted by atomic mass is 9.95. The Balaban J connectivity index is 1.90. The van der Waals surface area contributed by atoms with Gasteiger partial charge in [0.05, 0.1) is 12.6 Å². The monoisotopic (exact) mass is 274 g/mol. The van der Waals surface area contributed by atoms with E-state index in [2.05, 4.69) is 5.32 Å². The number of carbonyl (C=O) groups is 1. The fourth-order valence-corrected chi connectivity index (χ4v) is 3.32. The number of benzene rings is 1. The molecule has 0 radical (unpaired) electrons. The van der Waals surface area contributed by atoms with Gasteiger partial charge in [0.1, 0.15) is 0 Å². The largest absolute Gasteiger partial charge is 0.394 e. The molecule has 108 valence electrons. The zero-order valence-electron chi connectivity index (χ0n) is 11.8. The summed E-state index contributed by atoms with van der Waals surface area (Å²) in [6.07, 6.45) is 5.08. The summed E-state index contributed by atoms with van der Waals surface area (Å²) in [4.78, 5) is 14.7. The van der Waals surface area contributed by atoms with Crippen LogP contribution in [0.2, 0.25) is 0 Å². The molecule has 2 heterocycles. The van der Waals surface area contributed by atoms with Crippen LogP contribution in [0.3, 0.4) is 0 Å². The molecule has 1 saturated heterocycles. The second kappa shape index (κ2) is 5.83. The number of amides is 1. The number of hydrogen-bond acceptors (Lipinski definition) is 3. The molecule has 4 nitrogen and oxygen atoms in total. The Morgan fingerprint density at radius 3 is 3.10 bits per heavy atom. The highest BCUT2D eigenvalue weighted by atomic mass is 16.3. The molecule has 1 aromatic carbocycles. The predicted molar refractivity (Wildman–Crippen MR) is 79.0 cm³/mol. The van der Waals surface area contributed by atoms with Crippen LogP contribution in [0.4, 0.5) is 5.69 Å². The number of rotatable bonds is 2. The minimum absolute atomic E-state index is 0.0105. The van der Waals surface area contributed by atoms with Gasteiger partial charge in [0.2, 0.25) is 0 Å². The van der Waals surface area contributed by atoms with Crippen LogP contribution in [0.1, 0.15) is 41.6 Å². The molecule has 1 fully saturated rings. The van der Waals surface area contributed by atoms with Gasteiger partial charge in [-0.25, -0.2) is 0 Å². The van der Waals surface area contributed by atoms with E-state index in [1.54, 1.807) is 0 Å². The highest BCUT2D eigenvalue weighted by Crippen LogP contribution is 2.28. The average molecular weight is 274 g/mol. The van der Waals surface area contributed by atoms with Crippen molar-refractivity contribution in [2.24, 2.45) is 0 Å². The third-order valence-corrected chi connectivity index (χ3v) is 4.42. The number of hydrogen-bond donors (Lipinski definition) is 2. The minimum atomic E-state index is -0.0105. The summed E-state index contributed by atoms with van der Waals surface area (Å²) in [7, 11) is 0. The van der Waals surface area contributed by atoms with E-state index in [9.17, 15) is 9.90 Å². The fraction of sp³-hybridized carbons (Fsp3) is 0.562. The molecular weight excluding hydrogens is 252 g/mol. The Morgan fingerprint density at radius 1 is 1.35 bits per heavy atom. The van der Waals surface area contributed by atoms with Gasteiger partial charge in [0.15, 0.2) is 0 Å². The summed E-state index contributed by atoms with van der Waals surface area (Å²) in [5, 5.41) is 12.9. The van der Waals surface area contributed by atoms with Crippen LogP contribution in [0.25, 0.3) is 0 Å². The van der Waals surface area contributed by atoms with Gasteiger partial charge >= 0.3 is 0 Å². The molecule has 3 rings (SSSR count). The first-order valence-electron chi connectivity index (χ1n) is 7.59. The Kier molecular flexibility index (Phi) is 3.92. The summed E-state index contributed by atoms with van der Waals surface area (Å²) in [5.41, 5.74) is 3.06. The highest BCUT2D eigenvalue weighted by molar-refractivity contribution is 5.97. The summed E-state index contributed by atoms with van der Waals surface area (Å²) in [6, 6.07) is 5.91. The molecule has 0 saturated carbocycles. The molecule has 0 aromatic heterocycles. The number of carbonyl (C=O) groups excluding carboxylic acids is 1. The van der Waals surface area contributed by atoms with Crippen molar-refractivity contribution in [2.45, 2.75) is 38.1 Å². The molecule has 1 unspecified atom stereocenters. The zero-order chi connectivity index (χ0) is 13.9. The number of aliphatic hydroxyl groups excluding tert-OH is 1. The van der Waals surface area contributed by atoms with Crippen LogP contribution in [0.5, 0.6) is 0 Å². The second-order valence-electron chi connectivity index (χ2n) is 5.69. The molecule has 2 aliphatic rings. The molecule has 0 spiro atoms. The molecule has 4 heteroatoms. The summed E-state index contributed by atoms with van der Waals surface area (Å²) >= 11 is 0. The van der Waals surface area contributed by atoms with Crippen molar-refractivity contribution < 1.29 is 9.90 Å². The Labute approximate surface area is 119 Å². The molecule has 1 amide bonds. The van der Waals surface area contributed by atoms with Crippen molar-refractivity contribution >= 4 is 11.6 Å². The van der Waals surface area contributed by atoms with E-state index in [0.717, 1.165) is 62.0 Å². The van der Waals surface area contributed by atoms with Crippen molar-refractivity contribution in [2.75, 3.05) is 25.0 Å². The number of fused-ring (bicyclic) bond motifs is 1. The smallest absolute Gasteiger partial charge is 0.254 e. The summed E-state index contributed by atoms with van der Waals surface area (Å²) < 4.78 is 0. The second-order valence-corrected chi connectivity index (χ2v) is 5.69. The van der Waals surface area contributed by atoms with Crippen molar-refractivity contribution in [3.05, 3.63) is 29.3 Å². The van der Waals surface area contributed by atoms with Gasteiger partial charge in [-0.15, -0.1) is 0 Å². The average Bonchev–Trinajstić information content (AvgIpc) is 2.53. The van der Waals surface area contributed by atoms with E-state index < -0.39 is 0 Å². The number of nitrogens with zero attached hydrogens (tertiary/aromatic N) is 1. The normalized spacial score (nSPS) is 22.1. The van der Waals surface area contributed by atoms with Crippen LogP contribution in [-0.4, -0.2) is 41.7 Å². The predicted octanol–water partition coefficient (Wildman–Crippen LogP) is 2.03. The summed E-state index contributed by atoms with van der Waals surface area (Å²) in [6.45, 7) is 1.81. The zero-order valence-corrected chi connectivity index (χ0v) is 11.8. The molecule has 1 aromatic rings. The van der Waals surface area contributed by atoms with Crippen molar-refractivity contribution in [3.63, 3.8) is 0 Å². The first-order chi connectivity index (χ1) is 9.81. The van der Waals surface area contributed by atoms with Crippen LogP contribution in [0, 0.1) is 0 Å². The van der Waals surface area contributed by atoms with E-state index in [-0.39, 0.29) is 18.6 Å². The van der Waals surface area contributed by atoms with Crippen LogP contribution < -0.4 is 5.32 Å². The van der Waals surface area contributed by atoms with Gasteiger partial charge in [-0.3, -0.25) is 4.79 Å². The van der Waals surface area contributed by atoms with Gasteiger partial charge in [-0.05, 0) is 49.8 Å². The molecule has 0 aliphatic carbocycles. The highest BCUT2D eigenvalue weighted by Gasteiger charge is 2.29. The van der Waals surface area contributed by atoms with E-state index in [1.807, 2.05) is 23.1 Å². The number of piperidine rings is 1. The Morgan fingerprint density at radius 2 is 2.25 bits per heavy atom. The van der Waals surface area contributed by atoms with Crippen LogP contribution >= 0.6 is 0 Å². The lowest BCUT2D eigenvalue weighted by Gasteiger charge is -2.35. The number of nitrogens with one attached hydrogen (secondary N) is 1. The van der Waals surface area contributed by atoms with Gasteiger partial charge in [0.25, 0.3) is 5.91 Å². The first-order valence-corrected chi connectivity index (χ1v) is 7.59. The molecule has 0 bridgehead atoms. The maximum atomic E-state index is 12.8. The van der Waals surface area contributed by atoms with Gasteiger partial charge in [0, 0.05) is 24.3 Å². The maximum Gasteiger partial charge on any atom is 0.254 e. The summed E-state index contributed by atoms with van der Waals surface area (Å²) in [5.74, 6) is 0.0873. The third kappa shape index (κ3) is 2.40. The van der Waals surface area contributed by atoms with E-state index in [4.69, 9.17) is 0 Å². The maximum absolute atomic E-state index is 12.8. The molecular formula is C16H22N2O2. The molecule has 1 atom stereocenters. The SMILES string of the molecule is O=C(c1cccc2c1CCCN2)N1CCCCC1CO. The van der Waals surface area contributed by atoms with Crippen molar-refractivity contribution in [1.29, 1.82) is 0 Å². The Bertz CT molecular complexity index is 501. The van der Waals surface area contributed by atoms with Crippen molar-refractivity contribution in [3.8, 4) is 0 Å². The number of anilines is 1. The molecule has 2 N–H and O–H groups in total.